The van der Waals surface area contributed by atoms with Crippen molar-refractivity contribution < 1.29 is 4.74 Å². The van der Waals surface area contributed by atoms with Crippen LogP contribution in [0.4, 0.5) is 0 Å². The Labute approximate surface area is 122 Å². The van der Waals surface area contributed by atoms with E-state index in [1.807, 2.05) is 28.8 Å². The van der Waals surface area contributed by atoms with Gasteiger partial charge in [-0.2, -0.15) is 0 Å². The van der Waals surface area contributed by atoms with Crippen LogP contribution in [-0.4, -0.2) is 21.9 Å². The SMILES string of the molecule is COCc1nnc(CCl)n1-c1cccc2ccccc12. The summed E-state index contributed by atoms with van der Waals surface area (Å²) in [5, 5.41) is 10.6. The summed E-state index contributed by atoms with van der Waals surface area (Å²) >= 11 is 5.98. The standard InChI is InChI=1S/C15H14ClN3O/c1-20-10-15-18-17-14(9-16)19(15)13-8-4-6-11-5-2-3-7-12(11)13/h2-8H,9-10H2,1H3. The molecule has 3 rings (SSSR count). The molecule has 0 radical (unpaired) electrons. The number of nitrogens with zero attached hydrogens (tertiary/aromatic N) is 3. The van der Waals surface area contributed by atoms with Crippen LogP contribution in [0, 0.1) is 0 Å². The number of hydrogen-bond donors (Lipinski definition) is 0. The fraction of sp³-hybridized carbons (Fsp3) is 0.200. The predicted octanol–water partition coefficient (Wildman–Crippen LogP) is 3.31. The molecule has 4 nitrogen and oxygen atoms in total. The Kier molecular flexibility index (Phi) is 3.67. The fourth-order valence-electron chi connectivity index (χ4n) is 2.34. The molecule has 0 saturated heterocycles. The quantitative estimate of drug-likeness (QED) is 0.691. The van der Waals surface area contributed by atoms with Crippen LogP contribution in [0.15, 0.2) is 42.5 Å². The Morgan fingerprint density at radius 2 is 1.80 bits per heavy atom. The molecule has 0 fully saturated rings. The molecule has 0 bridgehead atoms. The van der Waals surface area contributed by atoms with Gasteiger partial charge >= 0.3 is 0 Å². The topological polar surface area (TPSA) is 39.9 Å². The normalized spacial score (nSPS) is 11.1. The summed E-state index contributed by atoms with van der Waals surface area (Å²) in [5.74, 6) is 1.77. The first-order valence-corrected chi connectivity index (χ1v) is 6.85. The van der Waals surface area contributed by atoms with Crippen molar-refractivity contribution in [2.24, 2.45) is 0 Å². The molecule has 3 aromatic rings. The summed E-state index contributed by atoms with van der Waals surface area (Å²) in [4.78, 5) is 0. The lowest BCUT2D eigenvalue weighted by atomic mass is 10.1. The summed E-state index contributed by atoms with van der Waals surface area (Å²) in [6.07, 6.45) is 0. The number of rotatable bonds is 4. The van der Waals surface area contributed by atoms with Crippen molar-refractivity contribution in [1.82, 2.24) is 14.8 Å². The van der Waals surface area contributed by atoms with Crippen molar-refractivity contribution in [3.63, 3.8) is 0 Å². The van der Waals surface area contributed by atoms with E-state index in [1.165, 1.54) is 5.39 Å². The molecule has 1 heterocycles. The van der Waals surface area contributed by atoms with Gasteiger partial charge in [-0.05, 0) is 11.5 Å². The molecule has 20 heavy (non-hydrogen) atoms. The third-order valence-electron chi connectivity index (χ3n) is 3.20. The highest BCUT2D eigenvalue weighted by Gasteiger charge is 2.14. The number of aromatic nitrogens is 3. The molecule has 0 spiro atoms. The number of halogens is 1. The first kappa shape index (κ1) is 13.1. The molecular weight excluding hydrogens is 274 g/mol. The van der Waals surface area contributed by atoms with E-state index in [2.05, 4.69) is 28.4 Å². The number of hydrogen-bond acceptors (Lipinski definition) is 3. The van der Waals surface area contributed by atoms with Gasteiger partial charge in [0.1, 0.15) is 6.61 Å². The summed E-state index contributed by atoms with van der Waals surface area (Å²) < 4.78 is 7.16. The lowest BCUT2D eigenvalue weighted by Gasteiger charge is -2.12. The molecule has 102 valence electrons. The summed E-state index contributed by atoms with van der Waals surface area (Å²) in [5.41, 5.74) is 1.02. The number of methoxy groups -OCH3 is 1. The lowest BCUT2D eigenvalue weighted by molar-refractivity contribution is 0.176. The van der Waals surface area contributed by atoms with Crippen LogP contribution in [0.25, 0.3) is 16.5 Å². The van der Waals surface area contributed by atoms with Gasteiger partial charge in [0.05, 0.1) is 11.6 Å². The Balaban J connectivity index is 2.27. The van der Waals surface area contributed by atoms with Crippen molar-refractivity contribution in [3.8, 4) is 5.69 Å². The summed E-state index contributed by atoms with van der Waals surface area (Å²) in [6.45, 7) is 0.396. The maximum Gasteiger partial charge on any atom is 0.163 e. The van der Waals surface area contributed by atoms with Crippen molar-refractivity contribution >= 4 is 22.4 Å². The van der Waals surface area contributed by atoms with Gasteiger partial charge < -0.3 is 4.74 Å². The average Bonchev–Trinajstić information content (AvgIpc) is 2.90. The van der Waals surface area contributed by atoms with Crippen LogP contribution in [0.3, 0.4) is 0 Å². The van der Waals surface area contributed by atoms with Gasteiger partial charge in [-0.1, -0.05) is 36.4 Å². The highest BCUT2D eigenvalue weighted by Crippen LogP contribution is 2.24. The molecular formula is C15H14ClN3O. The zero-order valence-corrected chi connectivity index (χ0v) is 11.8. The monoisotopic (exact) mass is 287 g/mol. The van der Waals surface area contributed by atoms with Gasteiger partial charge in [0.25, 0.3) is 0 Å². The van der Waals surface area contributed by atoms with E-state index in [4.69, 9.17) is 16.3 Å². The number of alkyl halides is 1. The van der Waals surface area contributed by atoms with Crippen molar-refractivity contribution in [2.75, 3.05) is 7.11 Å². The van der Waals surface area contributed by atoms with Gasteiger partial charge in [-0.25, -0.2) is 0 Å². The van der Waals surface area contributed by atoms with Crippen molar-refractivity contribution in [3.05, 3.63) is 54.1 Å². The van der Waals surface area contributed by atoms with E-state index < -0.39 is 0 Å². The van der Waals surface area contributed by atoms with Crippen molar-refractivity contribution in [1.29, 1.82) is 0 Å². The van der Waals surface area contributed by atoms with E-state index >= 15 is 0 Å². The molecule has 0 aliphatic heterocycles. The Hall–Kier alpha value is -1.91. The second-order valence-corrected chi connectivity index (χ2v) is 4.70. The van der Waals surface area contributed by atoms with E-state index in [9.17, 15) is 0 Å². The van der Waals surface area contributed by atoms with Gasteiger partial charge in [-0.3, -0.25) is 4.57 Å². The zero-order chi connectivity index (χ0) is 13.9. The van der Waals surface area contributed by atoms with Crippen LogP contribution in [0.2, 0.25) is 0 Å². The largest absolute Gasteiger partial charge is 0.377 e. The van der Waals surface area contributed by atoms with E-state index in [0.29, 0.717) is 12.5 Å². The number of fused-ring (bicyclic) bond motifs is 1. The smallest absolute Gasteiger partial charge is 0.163 e. The van der Waals surface area contributed by atoms with Gasteiger partial charge in [0, 0.05) is 12.5 Å². The Bertz CT molecular complexity index is 734. The third-order valence-corrected chi connectivity index (χ3v) is 3.44. The molecule has 0 atom stereocenters. The van der Waals surface area contributed by atoms with E-state index in [1.54, 1.807) is 7.11 Å². The molecule has 0 saturated carbocycles. The van der Waals surface area contributed by atoms with E-state index in [-0.39, 0.29) is 0 Å². The Morgan fingerprint density at radius 3 is 2.60 bits per heavy atom. The first-order valence-electron chi connectivity index (χ1n) is 6.31. The van der Waals surface area contributed by atoms with Gasteiger partial charge in [-0.15, -0.1) is 21.8 Å². The minimum absolute atomic E-state index is 0.305. The predicted molar refractivity (Wildman–Crippen MR) is 79.1 cm³/mol. The molecule has 0 aliphatic carbocycles. The van der Waals surface area contributed by atoms with Crippen LogP contribution in [-0.2, 0) is 17.2 Å². The fourth-order valence-corrected chi connectivity index (χ4v) is 2.52. The van der Waals surface area contributed by atoms with Crippen LogP contribution >= 0.6 is 11.6 Å². The maximum absolute atomic E-state index is 5.98. The lowest BCUT2D eigenvalue weighted by Crippen LogP contribution is -2.06. The molecule has 0 N–H and O–H groups in total. The maximum atomic E-state index is 5.98. The van der Waals surface area contributed by atoms with E-state index in [0.717, 1.165) is 22.7 Å². The molecule has 0 aliphatic rings. The molecule has 0 unspecified atom stereocenters. The minimum Gasteiger partial charge on any atom is -0.377 e. The highest BCUT2D eigenvalue weighted by atomic mass is 35.5. The number of ether oxygens (including phenoxy) is 1. The van der Waals surface area contributed by atoms with Crippen LogP contribution < -0.4 is 0 Å². The minimum atomic E-state index is 0.305. The van der Waals surface area contributed by atoms with Crippen molar-refractivity contribution in [2.45, 2.75) is 12.5 Å². The third kappa shape index (κ3) is 2.17. The molecule has 2 aromatic carbocycles. The van der Waals surface area contributed by atoms with Gasteiger partial charge in [0.15, 0.2) is 11.6 Å². The zero-order valence-electron chi connectivity index (χ0n) is 11.1. The highest BCUT2D eigenvalue weighted by molar-refractivity contribution is 6.16. The average molecular weight is 288 g/mol. The molecule has 0 amide bonds. The number of benzene rings is 2. The molecule has 5 heteroatoms. The molecule has 1 aromatic heterocycles. The van der Waals surface area contributed by atoms with Crippen LogP contribution in [0.1, 0.15) is 11.6 Å². The second-order valence-electron chi connectivity index (χ2n) is 4.43. The first-order chi connectivity index (χ1) is 9.85. The Morgan fingerprint density at radius 1 is 1.05 bits per heavy atom. The summed E-state index contributed by atoms with van der Waals surface area (Å²) in [6, 6.07) is 14.4. The van der Waals surface area contributed by atoms with Crippen LogP contribution in [0.5, 0.6) is 0 Å². The van der Waals surface area contributed by atoms with Gasteiger partial charge in [0.2, 0.25) is 0 Å². The second kappa shape index (κ2) is 5.61. The summed E-state index contributed by atoms with van der Waals surface area (Å²) in [7, 11) is 1.64.